The van der Waals surface area contributed by atoms with Gasteiger partial charge in [0, 0.05) is 12.1 Å². The summed E-state index contributed by atoms with van der Waals surface area (Å²) < 4.78 is 28.6. The monoisotopic (exact) mass is 329 g/mol. The second kappa shape index (κ2) is 5.19. The van der Waals surface area contributed by atoms with Gasteiger partial charge >= 0.3 is 0 Å². The number of ether oxygens (including phenoxy) is 1. The van der Waals surface area contributed by atoms with Crippen molar-refractivity contribution in [1.29, 1.82) is 0 Å². The highest BCUT2D eigenvalue weighted by Gasteiger charge is 2.12. The minimum absolute atomic E-state index is 0.0694. The van der Waals surface area contributed by atoms with Crippen LogP contribution in [0.4, 0.5) is 14.5 Å². The van der Waals surface area contributed by atoms with E-state index in [1.165, 1.54) is 18.2 Å². The van der Waals surface area contributed by atoms with Gasteiger partial charge in [0.1, 0.15) is 12.4 Å². The molecule has 0 N–H and O–H groups in total. The molecule has 0 saturated carbocycles. The maximum atomic E-state index is 11.8. The number of nitro benzene ring substituents is 1. The Bertz CT molecular complexity index is 373. The molecule has 0 aliphatic carbocycles. The minimum Gasteiger partial charge on any atom is -0.488 e. The Hall–Kier alpha value is -0.990. The zero-order valence-corrected chi connectivity index (χ0v) is 9.48. The van der Waals surface area contributed by atoms with Gasteiger partial charge in [-0.3, -0.25) is 10.1 Å². The lowest BCUT2D eigenvalue weighted by Crippen LogP contribution is -2.07. The summed E-state index contributed by atoms with van der Waals surface area (Å²) in [5, 5.41) is 10.4. The van der Waals surface area contributed by atoms with E-state index in [1.54, 1.807) is 22.6 Å². The molecule has 0 amide bonds. The van der Waals surface area contributed by atoms with E-state index in [2.05, 4.69) is 0 Å². The average molecular weight is 329 g/mol. The summed E-state index contributed by atoms with van der Waals surface area (Å²) in [5.41, 5.74) is -0.0694. The summed E-state index contributed by atoms with van der Waals surface area (Å²) in [6, 6.07) is 3.87. The Morgan fingerprint density at radius 3 is 2.67 bits per heavy atom. The maximum absolute atomic E-state index is 11.8. The molecule has 0 aliphatic rings. The first-order valence-electron chi connectivity index (χ1n) is 3.85. The molecular weight excluding hydrogens is 323 g/mol. The fourth-order valence-corrected chi connectivity index (χ4v) is 1.57. The van der Waals surface area contributed by atoms with E-state index in [0.717, 1.165) is 0 Å². The van der Waals surface area contributed by atoms with Gasteiger partial charge in [-0.05, 0) is 28.7 Å². The van der Waals surface area contributed by atoms with Crippen molar-refractivity contribution in [3.63, 3.8) is 0 Å². The number of nitro groups is 1. The lowest BCUT2D eigenvalue weighted by molar-refractivity contribution is -0.385. The van der Waals surface area contributed by atoms with Crippen molar-refractivity contribution in [2.24, 2.45) is 0 Å². The first-order valence-corrected chi connectivity index (χ1v) is 4.93. The summed E-state index contributed by atoms with van der Waals surface area (Å²) in [6.07, 6.45) is -2.56. The lowest BCUT2D eigenvalue weighted by Gasteiger charge is -2.05. The van der Waals surface area contributed by atoms with Crippen LogP contribution in [-0.4, -0.2) is 18.0 Å². The van der Waals surface area contributed by atoms with Crippen LogP contribution < -0.4 is 4.74 Å². The molecule has 1 aromatic carbocycles. The Balaban J connectivity index is 2.78. The van der Waals surface area contributed by atoms with Gasteiger partial charge in [-0.2, -0.15) is 0 Å². The first-order chi connectivity index (χ1) is 7.00. The van der Waals surface area contributed by atoms with Gasteiger partial charge in [0.15, 0.2) is 0 Å². The third-order valence-corrected chi connectivity index (χ3v) is 2.36. The van der Waals surface area contributed by atoms with Gasteiger partial charge in [-0.25, -0.2) is 8.78 Å². The SMILES string of the molecule is O=[N+]([O-])c1ccc(OCC(F)F)cc1I. The molecule has 7 heteroatoms. The number of nitrogens with zero attached hydrogens (tertiary/aromatic N) is 1. The largest absolute Gasteiger partial charge is 0.488 e. The molecule has 0 heterocycles. The number of hydrogen-bond donors (Lipinski definition) is 0. The lowest BCUT2D eigenvalue weighted by atomic mass is 10.3. The molecule has 82 valence electrons. The highest BCUT2D eigenvalue weighted by atomic mass is 127. The summed E-state index contributed by atoms with van der Waals surface area (Å²) in [6.45, 7) is -0.714. The fourth-order valence-electron chi connectivity index (χ4n) is 0.885. The molecular formula is C8H6F2INO3. The second-order valence-electron chi connectivity index (χ2n) is 2.57. The first kappa shape index (κ1) is 12.1. The van der Waals surface area contributed by atoms with Crippen molar-refractivity contribution in [1.82, 2.24) is 0 Å². The molecule has 0 radical (unpaired) electrons. The molecule has 0 unspecified atom stereocenters. The molecule has 15 heavy (non-hydrogen) atoms. The minimum atomic E-state index is -2.56. The van der Waals surface area contributed by atoms with Crippen molar-refractivity contribution in [2.45, 2.75) is 6.43 Å². The highest BCUT2D eigenvalue weighted by molar-refractivity contribution is 14.1. The van der Waals surface area contributed by atoms with Crippen LogP contribution in [0.2, 0.25) is 0 Å². The summed E-state index contributed by atoms with van der Waals surface area (Å²) >= 11 is 1.75. The normalized spacial score (nSPS) is 10.4. The summed E-state index contributed by atoms with van der Waals surface area (Å²) in [5.74, 6) is 0.199. The van der Waals surface area contributed by atoms with Gasteiger partial charge in [-0.15, -0.1) is 0 Å². The van der Waals surface area contributed by atoms with Crippen molar-refractivity contribution in [2.75, 3.05) is 6.61 Å². The topological polar surface area (TPSA) is 52.4 Å². The zero-order chi connectivity index (χ0) is 11.4. The Kier molecular flexibility index (Phi) is 4.18. The van der Waals surface area contributed by atoms with E-state index >= 15 is 0 Å². The molecule has 0 aromatic heterocycles. The van der Waals surface area contributed by atoms with Gasteiger partial charge in [0.25, 0.3) is 12.1 Å². The molecule has 0 spiro atoms. The number of halogens is 3. The molecule has 1 aromatic rings. The van der Waals surface area contributed by atoms with Gasteiger partial charge in [-0.1, -0.05) is 0 Å². The Morgan fingerprint density at radius 2 is 2.20 bits per heavy atom. The average Bonchev–Trinajstić information content (AvgIpc) is 2.14. The van der Waals surface area contributed by atoms with Crippen LogP contribution in [0.1, 0.15) is 0 Å². The van der Waals surface area contributed by atoms with Crippen LogP contribution >= 0.6 is 22.6 Å². The van der Waals surface area contributed by atoms with Crippen LogP contribution in [0.3, 0.4) is 0 Å². The highest BCUT2D eigenvalue weighted by Crippen LogP contribution is 2.25. The molecule has 0 fully saturated rings. The third-order valence-electron chi connectivity index (χ3n) is 1.49. The predicted molar refractivity (Wildman–Crippen MR) is 57.3 cm³/mol. The fraction of sp³-hybridized carbons (Fsp3) is 0.250. The van der Waals surface area contributed by atoms with E-state index in [4.69, 9.17) is 4.74 Å². The van der Waals surface area contributed by atoms with Crippen LogP contribution in [0.25, 0.3) is 0 Å². The third kappa shape index (κ3) is 3.57. The number of rotatable bonds is 4. The molecule has 0 saturated heterocycles. The Morgan fingerprint density at radius 1 is 1.53 bits per heavy atom. The Labute approximate surface area is 97.5 Å². The van der Waals surface area contributed by atoms with Crippen LogP contribution in [-0.2, 0) is 0 Å². The predicted octanol–water partition coefficient (Wildman–Crippen LogP) is 2.84. The van der Waals surface area contributed by atoms with Crippen molar-refractivity contribution >= 4 is 28.3 Å². The summed E-state index contributed by atoms with van der Waals surface area (Å²) in [7, 11) is 0. The van der Waals surface area contributed by atoms with Crippen molar-refractivity contribution in [3.8, 4) is 5.75 Å². The molecule has 0 aliphatic heterocycles. The second-order valence-corrected chi connectivity index (χ2v) is 3.73. The van der Waals surface area contributed by atoms with Gasteiger partial charge in [0.05, 0.1) is 8.49 Å². The zero-order valence-electron chi connectivity index (χ0n) is 7.32. The standard InChI is InChI=1S/C8H6F2INO3/c9-8(10)4-15-5-1-2-7(12(13)14)6(11)3-5/h1-3,8H,4H2. The molecule has 0 atom stereocenters. The van der Waals surface area contributed by atoms with E-state index in [-0.39, 0.29) is 11.4 Å². The van der Waals surface area contributed by atoms with Crippen LogP contribution in [0.15, 0.2) is 18.2 Å². The number of alkyl halides is 2. The quantitative estimate of drug-likeness (QED) is 0.485. The number of benzene rings is 1. The summed E-state index contributed by atoms with van der Waals surface area (Å²) in [4.78, 5) is 9.90. The van der Waals surface area contributed by atoms with Crippen molar-refractivity contribution in [3.05, 3.63) is 31.9 Å². The maximum Gasteiger partial charge on any atom is 0.282 e. The smallest absolute Gasteiger partial charge is 0.282 e. The van der Waals surface area contributed by atoms with Crippen molar-refractivity contribution < 1.29 is 18.4 Å². The molecule has 4 nitrogen and oxygen atoms in total. The number of hydrogen-bond acceptors (Lipinski definition) is 3. The van der Waals surface area contributed by atoms with E-state index in [9.17, 15) is 18.9 Å². The van der Waals surface area contributed by atoms with E-state index in [1.807, 2.05) is 0 Å². The van der Waals surface area contributed by atoms with Gasteiger partial charge in [0.2, 0.25) is 0 Å². The van der Waals surface area contributed by atoms with Crippen LogP contribution in [0, 0.1) is 13.7 Å². The van der Waals surface area contributed by atoms with Crippen LogP contribution in [0.5, 0.6) is 5.75 Å². The molecule has 0 bridgehead atoms. The van der Waals surface area contributed by atoms with E-state index in [0.29, 0.717) is 3.57 Å². The van der Waals surface area contributed by atoms with E-state index < -0.39 is 18.0 Å². The molecule has 1 rings (SSSR count). The van der Waals surface area contributed by atoms with Gasteiger partial charge < -0.3 is 4.74 Å².